The van der Waals surface area contributed by atoms with Gasteiger partial charge in [0.15, 0.2) is 5.82 Å². The molecule has 2 aromatic heterocycles. The highest BCUT2D eigenvalue weighted by Crippen LogP contribution is 2.23. The summed E-state index contributed by atoms with van der Waals surface area (Å²) in [6.07, 6.45) is 7.84. The third-order valence-corrected chi connectivity index (χ3v) is 5.26. The summed E-state index contributed by atoms with van der Waals surface area (Å²) in [5, 5.41) is 0. The maximum Gasteiger partial charge on any atom is 0.230 e. The van der Waals surface area contributed by atoms with Crippen LogP contribution in [0.5, 0.6) is 0 Å². The van der Waals surface area contributed by atoms with Crippen molar-refractivity contribution in [2.75, 3.05) is 49.2 Å². The lowest BCUT2D eigenvalue weighted by Crippen LogP contribution is -2.38. The minimum Gasteiger partial charge on any atom is -0.378 e. The number of rotatable bonds is 4. The van der Waals surface area contributed by atoms with Gasteiger partial charge in [0.25, 0.3) is 0 Å². The van der Waals surface area contributed by atoms with Crippen LogP contribution in [0, 0.1) is 0 Å². The van der Waals surface area contributed by atoms with Gasteiger partial charge in [0, 0.05) is 32.4 Å². The van der Waals surface area contributed by atoms with Crippen LogP contribution in [0.3, 0.4) is 0 Å². The summed E-state index contributed by atoms with van der Waals surface area (Å²) < 4.78 is 5.49. The molecule has 0 unspecified atom stereocenters. The highest BCUT2D eigenvalue weighted by Gasteiger charge is 2.21. The van der Waals surface area contributed by atoms with Gasteiger partial charge in [0.1, 0.15) is 5.69 Å². The molecule has 2 fully saturated rings. The van der Waals surface area contributed by atoms with E-state index in [2.05, 4.69) is 27.8 Å². The Kier molecular flexibility index (Phi) is 5.77. The summed E-state index contributed by atoms with van der Waals surface area (Å²) in [7, 11) is 0. The van der Waals surface area contributed by atoms with Gasteiger partial charge >= 0.3 is 0 Å². The minimum absolute atomic E-state index is 0.661. The fraction of sp³-hybridized carbons (Fsp3) is 0.600. The number of pyridine rings is 1. The first kappa shape index (κ1) is 18.1. The summed E-state index contributed by atoms with van der Waals surface area (Å²) in [6.45, 7) is 7.19. The molecule has 2 saturated heterocycles. The lowest BCUT2D eigenvalue weighted by atomic mass is 10.2. The molecule has 2 aliphatic heterocycles. The first-order valence-corrected chi connectivity index (χ1v) is 10.1. The van der Waals surface area contributed by atoms with E-state index < -0.39 is 0 Å². The zero-order valence-electron chi connectivity index (χ0n) is 16.1. The Hall–Kier alpha value is -2.28. The zero-order chi connectivity index (χ0) is 18.5. The Morgan fingerprint density at radius 3 is 2.11 bits per heavy atom. The van der Waals surface area contributed by atoms with Crippen molar-refractivity contribution in [3.05, 3.63) is 23.9 Å². The minimum atomic E-state index is 0.661. The van der Waals surface area contributed by atoms with Crippen LogP contribution in [0.1, 0.15) is 38.2 Å². The molecule has 4 rings (SSSR count). The van der Waals surface area contributed by atoms with Crippen molar-refractivity contribution in [2.45, 2.75) is 39.0 Å². The van der Waals surface area contributed by atoms with Crippen LogP contribution in [-0.4, -0.2) is 59.3 Å². The molecule has 27 heavy (non-hydrogen) atoms. The van der Waals surface area contributed by atoms with Gasteiger partial charge in [-0.2, -0.15) is 15.0 Å². The molecule has 0 saturated carbocycles. The standard InChI is InChI=1S/C20H28N6O/c1-2-16-7-8-17(21-15-16)18-22-19(25-9-5-3-4-6-10-25)24-20(23-18)26-11-13-27-14-12-26/h7-8,15H,2-6,9-14H2,1H3. The average Bonchev–Trinajstić information content (AvgIpc) is 3.04. The lowest BCUT2D eigenvalue weighted by Gasteiger charge is -2.28. The molecule has 4 heterocycles. The maximum atomic E-state index is 5.49. The van der Waals surface area contributed by atoms with Gasteiger partial charge in [0.2, 0.25) is 11.9 Å². The number of morpholine rings is 1. The second-order valence-electron chi connectivity index (χ2n) is 7.16. The van der Waals surface area contributed by atoms with E-state index >= 15 is 0 Å². The van der Waals surface area contributed by atoms with E-state index in [1.54, 1.807) is 0 Å². The van der Waals surface area contributed by atoms with Crippen LogP contribution < -0.4 is 9.80 Å². The second-order valence-corrected chi connectivity index (χ2v) is 7.16. The predicted octanol–water partition coefficient (Wildman–Crippen LogP) is 2.71. The maximum absolute atomic E-state index is 5.49. The summed E-state index contributed by atoms with van der Waals surface area (Å²) in [6, 6.07) is 4.12. The van der Waals surface area contributed by atoms with Crippen LogP contribution in [0.4, 0.5) is 11.9 Å². The van der Waals surface area contributed by atoms with E-state index in [-0.39, 0.29) is 0 Å². The molecule has 0 aliphatic carbocycles. The Labute approximate surface area is 160 Å². The second kappa shape index (κ2) is 8.61. The first-order valence-electron chi connectivity index (χ1n) is 10.1. The largest absolute Gasteiger partial charge is 0.378 e. The van der Waals surface area contributed by atoms with Crippen molar-refractivity contribution in [3.8, 4) is 11.5 Å². The Morgan fingerprint density at radius 1 is 0.852 bits per heavy atom. The molecule has 2 aromatic rings. The average molecular weight is 368 g/mol. The first-order chi connectivity index (χ1) is 13.3. The molecule has 0 bridgehead atoms. The number of hydrogen-bond donors (Lipinski definition) is 0. The number of hydrogen-bond acceptors (Lipinski definition) is 7. The molecule has 0 atom stereocenters. The highest BCUT2D eigenvalue weighted by atomic mass is 16.5. The van der Waals surface area contributed by atoms with Crippen LogP contribution in [0.25, 0.3) is 11.5 Å². The van der Waals surface area contributed by atoms with E-state index in [9.17, 15) is 0 Å². The molecule has 7 heteroatoms. The highest BCUT2D eigenvalue weighted by molar-refractivity contribution is 5.55. The van der Waals surface area contributed by atoms with Crippen molar-refractivity contribution in [2.24, 2.45) is 0 Å². The van der Waals surface area contributed by atoms with Crippen LogP contribution in [-0.2, 0) is 11.2 Å². The van der Waals surface area contributed by atoms with Crippen molar-refractivity contribution < 1.29 is 4.74 Å². The summed E-state index contributed by atoms with van der Waals surface area (Å²) in [5.74, 6) is 2.18. The van der Waals surface area contributed by atoms with Gasteiger partial charge < -0.3 is 14.5 Å². The molecule has 0 radical (unpaired) electrons. The van der Waals surface area contributed by atoms with Gasteiger partial charge in [0.05, 0.1) is 13.2 Å². The van der Waals surface area contributed by atoms with E-state index in [1.165, 1.54) is 31.2 Å². The number of aryl methyl sites for hydroxylation is 1. The van der Waals surface area contributed by atoms with Gasteiger partial charge in [-0.15, -0.1) is 0 Å². The molecule has 0 aromatic carbocycles. The number of ether oxygens (including phenoxy) is 1. The summed E-state index contributed by atoms with van der Waals surface area (Å²) in [4.78, 5) is 23.5. The number of anilines is 2. The van der Waals surface area contributed by atoms with Crippen molar-refractivity contribution >= 4 is 11.9 Å². The van der Waals surface area contributed by atoms with Gasteiger partial charge in [-0.05, 0) is 30.9 Å². The van der Waals surface area contributed by atoms with Crippen LogP contribution in [0.2, 0.25) is 0 Å². The molecule has 0 N–H and O–H groups in total. The monoisotopic (exact) mass is 368 g/mol. The number of aromatic nitrogens is 4. The smallest absolute Gasteiger partial charge is 0.230 e. The SMILES string of the molecule is CCc1ccc(-c2nc(N3CCCCCC3)nc(N3CCOCC3)n2)nc1. The zero-order valence-corrected chi connectivity index (χ0v) is 16.1. The van der Waals surface area contributed by atoms with Gasteiger partial charge in [-0.3, -0.25) is 4.98 Å². The van der Waals surface area contributed by atoms with Crippen molar-refractivity contribution in [1.29, 1.82) is 0 Å². The molecule has 0 amide bonds. The molecule has 0 spiro atoms. The molecule has 7 nitrogen and oxygen atoms in total. The summed E-state index contributed by atoms with van der Waals surface area (Å²) >= 11 is 0. The fourth-order valence-corrected chi connectivity index (χ4v) is 3.55. The predicted molar refractivity (Wildman–Crippen MR) is 106 cm³/mol. The van der Waals surface area contributed by atoms with E-state index in [0.29, 0.717) is 19.0 Å². The van der Waals surface area contributed by atoms with E-state index in [4.69, 9.17) is 19.7 Å². The van der Waals surface area contributed by atoms with Crippen LogP contribution >= 0.6 is 0 Å². The van der Waals surface area contributed by atoms with Gasteiger partial charge in [-0.1, -0.05) is 25.8 Å². The fourth-order valence-electron chi connectivity index (χ4n) is 3.55. The van der Waals surface area contributed by atoms with Crippen LogP contribution in [0.15, 0.2) is 18.3 Å². The quantitative estimate of drug-likeness (QED) is 0.822. The third kappa shape index (κ3) is 4.35. The molecular weight excluding hydrogens is 340 g/mol. The topological polar surface area (TPSA) is 67.3 Å². The number of nitrogens with zero attached hydrogens (tertiary/aromatic N) is 6. The van der Waals surface area contributed by atoms with Gasteiger partial charge in [-0.25, -0.2) is 0 Å². The Balaban J connectivity index is 1.70. The Morgan fingerprint density at radius 2 is 1.52 bits per heavy atom. The molecule has 2 aliphatic rings. The lowest BCUT2D eigenvalue weighted by molar-refractivity contribution is 0.122. The van der Waals surface area contributed by atoms with Crippen molar-refractivity contribution in [1.82, 2.24) is 19.9 Å². The normalized spacial score (nSPS) is 18.4. The summed E-state index contributed by atoms with van der Waals surface area (Å²) in [5.41, 5.74) is 2.02. The van der Waals surface area contributed by atoms with Crippen molar-refractivity contribution in [3.63, 3.8) is 0 Å². The Bertz CT molecular complexity index is 737. The third-order valence-electron chi connectivity index (χ3n) is 5.26. The molecule has 144 valence electrons. The van der Waals surface area contributed by atoms with E-state index in [0.717, 1.165) is 50.2 Å². The molecular formula is C20H28N6O. The van der Waals surface area contributed by atoms with E-state index in [1.807, 2.05) is 12.3 Å².